The van der Waals surface area contributed by atoms with Crippen molar-refractivity contribution in [1.82, 2.24) is 9.88 Å². The van der Waals surface area contributed by atoms with Crippen molar-refractivity contribution in [3.63, 3.8) is 0 Å². The number of methoxy groups -OCH3 is 1. The van der Waals surface area contributed by atoms with Gasteiger partial charge in [-0.2, -0.15) is 5.26 Å². The number of nitriles is 1. The first-order valence-electron chi connectivity index (χ1n) is 8.76. The maximum atomic E-state index is 12.2. The number of rotatable bonds is 7. The second kappa shape index (κ2) is 8.57. The van der Waals surface area contributed by atoms with E-state index in [1.54, 1.807) is 35.8 Å². The number of esters is 2. The Morgan fingerprint density at radius 3 is 2.57 bits per heavy atom. The van der Waals surface area contributed by atoms with Crippen molar-refractivity contribution in [3.05, 3.63) is 36.0 Å². The molecule has 1 aromatic heterocycles. The molecule has 1 N–H and O–H groups in total. The molecular formula is C20H23N3O5. The van der Waals surface area contributed by atoms with Crippen LogP contribution in [0.4, 0.5) is 0 Å². The summed E-state index contributed by atoms with van der Waals surface area (Å²) in [4.78, 5) is 36.1. The maximum absolute atomic E-state index is 12.2. The highest BCUT2D eigenvalue weighted by Crippen LogP contribution is 2.22. The molecule has 1 aromatic carbocycles. The predicted molar refractivity (Wildman–Crippen MR) is 101 cm³/mol. The van der Waals surface area contributed by atoms with E-state index in [9.17, 15) is 19.6 Å². The van der Waals surface area contributed by atoms with Crippen molar-refractivity contribution in [2.24, 2.45) is 5.92 Å². The number of nitrogens with zero attached hydrogens (tertiary/aromatic N) is 2. The van der Waals surface area contributed by atoms with Crippen LogP contribution in [0.25, 0.3) is 10.9 Å². The fraction of sp³-hybridized carbons (Fsp3) is 0.400. The summed E-state index contributed by atoms with van der Waals surface area (Å²) in [5.41, 5.74) is -0.0400. The summed E-state index contributed by atoms with van der Waals surface area (Å²) in [5, 5.41) is 12.5. The molecule has 0 saturated carbocycles. The fourth-order valence-corrected chi connectivity index (χ4v) is 2.61. The minimum Gasteiger partial charge on any atom is -0.465 e. The number of carbonyl (C=O) groups is 3. The number of carbonyl (C=O) groups excluding carboxylic acids is 3. The zero-order valence-electron chi connectivity index (χ0n) is 16.3. The number of fused-ring (bicyclic) bond motifs is 1. The van der Waals surface area contributed by atoms with E-state index in [2.05, 4.69) is 11.4 Å². The van der Waals surface area contributed by atoms with Crippen molar-refractivity contribution in [3.8, 4) is 6.07 Å². The van der Waals surface area contributed by atoms with E-state index in [1.165, 1.54) is 13.3 Å². The van der Waals surface area contributed by atoms with Crippen LogP contribution in [0.1, 0.15) is 31.1 Å². The molecule has 0 unspecified atom stereocenters. The second-order valence-corrected chi connectivity index (χ2v) is 6.86. The molecule has 148 valence electrons. The molecule has 0 bridgehead atoms. The average Bonchev–Trinajstić information content (AvgIpc) is 3.04. The molecule has 0 radical (unpaired) electrons. The SMILES string of the molecule is COC(=O)c1cn(CC(=O)OCC(=O)N[C@](C)(C#N)C(C)C)c2ccccc12. The third-order valence-electron chi connectivity index (χ3n) is 4.64. The smallest absolute Gasteiger partial charge is 0.340 e. The lowest BCUT2D eigenvalue weighted by Crippen LogP contribution is -2.50. The summed E-state index contributed by atoms with van der Waals surface area (Å²) < 4.78 is 11.4. The molecular weight excluding hydrogens is 362 g/mol. The number of hydrogen-bond acceptors (Lipinski definition) is 6. The molecule has 2 aromatic rings. The Morgan fingerprint density at radius 2 is 1.96 bits per heavy atom. The molecule has 1 atom stereocenters. The Labute approximate surface area is 163 Å². The lowest BCUT2D eigenvalue weighted by atomic mass is 9.90. The van der Waals surface area contributed by atoms with Gasteiger partial charge in [0, 0.05) is 17.1 Å². The minimum atomic E-state index is -1.05. The standard InChI is InChI=1S/C20H23N3O5/c1-13(2)20(3,12-21)22-17(24)11-28-18(25)10-23-9-15(19(26)27-4)14-7-5-6-8-16(14)23/h5-9,13H,10-11H2,1-4H3,(H,22,24)/t20-/m1/s1. The van der Waals surface area contributed by atoms with Gasteiger partial charge in [-0.1, -0.05) is 32.0 Å². The van der Waals surface area contributed by atoms with Crippen LogP contribution in [0.3, 0.4) is 0 Å². The quantitative estimate of drug-likeness (QED) is 0.730. The summed E-state index contributed by atoms with van der Waals surface area (Å²) in [7, 11) is 1.29. The Morgan fingerprint density at radius 1 is 1.29 bits per heavy atom. The molecule has 1 amide bonds. The summed E-state index contributed by atoms with van der Waals surface area (Å²) in [6, 6.07) is 9.14. The van der Waals surface area contributed by atoms with Gasteiger partial charge in [-0.15, -0.1) is 0 Å². The van der Waals surface area contributed by atoms with Crippen molar-refractivity contribution >= 4 is 28.7 Å². The molecule has 0 fully saturated rings. The van der Waals surface area contributed by atoms with Crippen LogP contribution in [0.15, 0.2) is 30.5 Å². The largest absolute Gasteiger partial charge is 0.465 e. The number of nitrogens with one attached hydrogen (secondary N) is 1. The van der Waals surface area contributed by atoms with Crippen LogP contribution in [0.2, 0.25) is 0 Å². The van der Waals surface area contributed by atoms with Crippen molar-refractivity contribution in [1.29, 1.82) is 5.26 Å². The third kappa shape index (κ3) is 4.49. The summed E-state index contributed by atoms with van der Waals surface area (Å²) in [5.74, 6) is -1.82. The summed E-state index contributed by atoms with van der Waals surface area (Å²) >= 11 is 0. The Kier molecular flexibility index (Phi) is 6.41. The predicted octanol–water partition coefficient (Wildman–Crippen LogP) is 2.03. The molecule has 0 aliphatic rings. The van der Waals surface area contributed by atoms with Crippen LogP contribution in [0, 0.1) is 17.2 Å². The van der Waals surface area contributed by atoms with Gasteiger partial charge in [-0.05, 0) is 18.9 Å². The van der Waals surface area contributed by atoms with Gasteiger partial charge < -0.3 is 19.4 Å². The molecule has 8 nitrogen and oxygen atoms in total. The number of amides is 1. The Bertz CT molecular complexity index is 941. The van der Waals surface area contributed by atoms with Crippen molar-refractivity contribution in [2.75, 3.05) is 13.7 Å². The molecule has 0 aliphatic carbocycles. The molecule has 2 rings (SSSR count). The van der Waals surface area contributed by atoms with Gasteiger partial charge in [0.2, 0.25) is 0 Å². The molecule has 0 saturated heterocycles. The Balaban J connectivity index is 2.05. The van der Waals surface area contributed by atoms with E-state index >= 15 is 0 Å². The van der Waals surface area contributed by atoms with Crippen LogP contribution >= 0.6 is 0 Å². The molecule has 0 spiro atoms. The number of aromatic nitrogens is 1. The number of para-hydroxylation sites is 1. The highest BCUT2D eigenvalue weighted by atomic mass is 16.5. The van der Waals surface area contributed by atoms with Gasteiger partial charge >= 0.3 is 11.9 Å². The van der Waals surface area contributed by atoms with Crippen molar-refractivity contribution < 1.29 is 23.9 Å². The van der Waals surface area contributed by atoms with E-state index in [1.807, 2.05) is 13.8 Å². The van der Waals surface area contributed by atoms with E-state index in [0.29, 0.717) is 16.5 Å². The third-order valence-corrected chi connectivity index (χ3v) is 4.64. The number of ether oxygens (including phenoxy) is 2. The maximum Gasteiger partial charge on any atom is 0.340 e. The van der Waals surface area contributed by atoms with Crippen LogP contribution in [-0.2, 0) is 25.6 Å². The zero-order valence-corrected chi connectivity index (χ0v) is 16.3. The zero-order chi connectivity index (χ0) is 20.9. The normalized spacial score (nSPS) is 12.9. The van der Waals surface area contributed by atoms with Crippen LogP contribution in [0.5, 0.6) is 0 Å². The molecule has 28 heavy (non-hydrogen) atoms. The summed E-state index contributed by atoms with van der Waals surface area (Å²) in [6.07, 6.45) is 1.52. The topological polar surface area (TPSA) is 110 Å². The number of benzene rings is 1. The highest BCUT2D eigenvalue weighted by molar-refractivity contribution is 6.04. The van der Waals surface area contributed by atoms with Gasteiger partial charge in [0.1, 0.15) is 12.1 Å². The lowest BCUT2D eigenvalue weighted by Gasteiger charge is -2.27. The van der Waals surface area contributed by atoms with Crippen LogP contribution < -0.4 is 5.32 Å². The lowest BCUT2D eigenvalue weighted by molar-refractivity contribution is -0.149. The first-order chi connectivity index (χ1) is 13.2. The monoisotopic (exact) mass is 385 g/mol. The van der Waals surface area contributed by atoms with Gasteiger partial charge in [-0.25, -0.2) is 4.79 Å². The van der Waals surface area contributed by atoms with Gasteiger partial charge in [0.05, 0.1) is 18.7 Å². The van der Waals surface area contributed by atoms with E-state index in [-0.39, 0.29) is 12.5 Å². The highest BCUT2D eigenvalue weighted by Gasteiger charge is 2.30. The van der Waals surface area contributed by atoms with Gasteiger partial charge in [0.25, 0.3) is 5.91 Å². The molecule has 8 heteroatoms. The minimum absolute atomic E-state index is 0.111. The van der Waals surface area contributed by atoms with Gasteiger partial charge in [-0.3, -0.25) is 9.59 Å². The molecule has 0 aliphatic heterocycles. The Hall–Kier alpha value is -3.34. The van der Waals surface area contributed by atoms with E-state index < -0.39 is 30.0 Å². The summed E-state index contributed by atoms with van der Waals surface area (Å²) in [6.45, 7) is 4.56. The molecule has 1 heterocycles. The van der Waals surface area contributed by atoms with E-state index in [0.717, 1.165) is 0 Å². The first-order valence-corrected chi connectivity index (χ1v) is 8.76. The average molecular weight is 385 g/mol. The first kappa shape index (κ1) is 21.0. The second-order valence-electron chi connectivity index (χ2n) is 6.86. The number of hydrogen-bond donors (Lipinski definition) is 1. The van der Waals surface area contributed by atoms with Gasteiger partial charge in [0.15, 0.2) is 6.61 Å². The fourth-order valence-electron chi connectivity index (χ4n) is 2.61. The van der Waals surface area contributed by atoms with Crippen LogP contribution in [-0.4, -0.2) is 41.7 Å². The van der Waals surface area contributed by atoms with Crippen molar-refractivity contribution in [2.45, 2.75) is 32.9 Å². The van der Waals surface area contributed by atoms with E-state index in [4.69, 9.17) is 9.47 Å².